The minimum absolute atomic E-state index is 0.211. The Labute approximate surface area is 332 Å². The molecule has 0 aliphatic heterocycles. The number of fused-ring (bicyclic) bond motifs is 9. The molecule has 274 valence electrons. The lowest BCUT2D eigenvalue weighted by atomic mass is 9.83. The average molecular weight is 735 g/mol. The van der Waals surface area contributed by atoms with Crippen LogP contribution in [-0.4, -0.2) is 19.1 Å². The summed E-state index contributed by atoms with van der Waals surface area (Å²) in [5.41, 5.74) is 18.1. The van der Waals surface area contributed by atoms with Crippen LogP contribution in [0.25, 0.3) is 88.9 Å². The molecule has 0 amide bonds. The highest BCUT2D eigenvalue weighted by Crippen LogP contribution is 2.48. The Hall–Kier alpha value is -6.78. The number of hydrogen-bond donors (Lipinski definition) is 0. The molecule has 0 radical (unpaired) electrons. The van der Waals surface area contributed by atoms with Crippen LogP contribution in [0.15, 0.2) is 158 Å². The van der Waals surface area contributed by atoms with Gasteiger partial charge in [-0.05, 0) is 108 Å². The summed E-state index contributed by atoms with van der Waals surface area (Å²) in [6.45, 7) is 8.99. The van der Waals surface area contributed by atoms with E-state index in [1.165, 1.54) is 77.2 Å². The van der Waals surface area contributed by atoms with Gasteiger partial charge in [0.2, 0.25) is 0 Å². The van der Waals surface area contributed by atoms with Crippen molar-refractivity contribution in [2.75, 3.05) is 0 Å². The molecular weight excluding hydrogens is 693 g/mol. The SMILES string of the molecule is CCc1ccc(-n2c3ccccc3c3cc(-c4ccc5c(n4)-c4nc(-c6ccc7c(c6)c6ccccc6n7-c6ccc(CC)cc6)ccc4C5(C)C)ccc32)cc1. The highest BCUT2D eigenvalue weighted by molar-refractivity contribution is 6.11. The Kier molecular flexibility index (Phi) is 7.43. The van der Waals surface area contributed by atoms with Gasteiger partial charge in [-0.15, -0.1) is 0 Å². The normalized spacial score (nSPS) is 13.2. The van der Waals surface area contributed by atoms with Gasteiger partial charge in [0.1, 0.15) is 0 Å². The lowest BCUT2D eigenvalue weighted by Crippen LogP contribution is -2.15. The first-order chi connectivity index (χ1) is 27.9. The van der Waals surface area contributed by atoms with E-state index in [4.69, 9.17) is 9.97 Å². The second kappa shape index (κ2) is 12.6. The van der Waals surface area contributed by atoms with Crippen molar-refractivity contribution in [2.24, 2.45) is 0 Å². The zero-order chi connectivity index (χ0) is 38.4. The zero-order valence-electron chi connectivity index (χ0n) is 32.7. The zero-order valence-corrected chi connectivity index (χ0v) is 32.7. The van der Waals surface area contributed by atoms with Crippen molar-refractivity contribution in [3.8, 4) is 45.3 Å². The van der Waals surface area contributed by atoms with Gasteiger partial charge in [0.15, 0.2) is 0 Å². The van der Waals surface area contributed by atoms with Gasteiger partial charge in [0, 0.05) is 49.5 Å². The second-order valence-corrected chi connectivity index (χ2v) is 16.0. The molecular formula is C53H42N4. The minimum Gasteiger partial charge on any atom is -0.309 e. The Morgan fingerprint density at radius 3 is 1.25 bits per heavy atom. The molecule has 0 spiro atoms. The lowest BCUT2D eigenvalue weighted by Gasteiger charge is -2.20. The highest BCUT2D eigenvalue weighted by atomic mass is 15.0. The summed E-state index contributed by atoms with van der Waals surface area (Å²) in [5, 5.41) is 4.92. The molecule has 4 heterocycles. The predicted molar refractivity (Wildman–Crippen MR) is 238 cm³/mol. The number of hydrogen-bond acceptors (Lipinski definition) is 2. The maximum absolute atomic E-state index is 5.43. The third kappa shape index (κ3) is 5.06. The van der Waals surface area contributed by atoms with Crippen molar-refractivity contribution in [3.63, 3.8) is 0 Å². The molecule has 0 N–H and O–H groups in total. The first-order valence-corrected chi connectivity index (χ1v) is 20.2. The number of nitrogens with zero attached hydrogens (tertiary/aromatic N) is 4. The van der Waals surface area contributed by atoms with E-state index in [0.717, 1.165) is 46.7 Å². The van der Waals surface area contributed by atoms with Gasteiger partial charge in [-0.25, -0.2) is 9.97 Å². The quantitative estimate of drug-likeness (QED) is 0.170. The van der Waals surface area contributed by atoms with Crippen LogP contribution in [0.2, 0.25) is 0 Å². The van der Waals surface area contributed by atoms with E-state index in [1.807, 2.05) is 0 Å². The van der Waals surface area contributed by atoms with Crippen LogP contribution >= 0.6 is 0 Å². The highest BCUT2D eigenvalue weighted by Gasteiger charge is 2.38. The van der Waals surface area contributed by atoms with Crippen molar-refractivity contribution in [1.29, 1.82) is 0 Å². The first-order valence-electron chi connectivity index (χ1n) is 20.2. The van der Waals surface area contributed by atoms with Crippen LogP contribution in [0.3, 0.4) is 0 Å². The standard InChI is InChI=1S/C53H42N4/c1-5-33-15-21-37(22-16-33)56-47-13-9-7-11-39(47)41-31-35(19-29-49(41)56)45-27-25-43-51(54-45)52-44(53(43,3)4)26-28-46(55-52)36-20-30-50-42(32-36)40-12-8-10-14-48(40)57(50)38-23-17-34(6-2)18-24-38/h7-32H,5-6H2,1-4H3. The van der Waals surface area contributed by atoms with Gasteiger partial charge < -0.3 is 9.13 Å². The molecule has 4 nitrogen and oxygen atoms in total. The summed E-state index contributed by atoms with van der Waals surface area (Å²) in [6, 6.07) is 57.9. The fraction of sp³-hybridized carbons (Fsp3) is 0.132. The van der Waals surface area contributed by atoms with Crippen LogP contribution in [0.4, 0.5) is 0 Å². The molecule has 11 rings (SSSR count). The van der Waals surface area contributed by atoms with Crippen molar-refractivity contribution >= 4 is 43.6 Å². The number of para-hydroxylation sites is 2. The summed E-state index contributed by atoms with van der Waals surface area (Å²) < 4.78 is 4.76. The summed E-state index contributed by atoms with van der Waals surface area (Å²) in [7, 11) is 0. The maximum atomic E-state index is 5.43. The molecule has 10 aromatic rings. The summed E-state index contributed by atoms with van der Waals surface area (Å²) in [4.78, 5) is 10.9. The van der Waals surface area contributed by atoms with Gasteiger partial charge >= 0.3 is 0 Å². The number of rotatable bonds is 6. The van der Waals surface area contributed by atoms with Crippen molar-refractivity contribution in [2.45, 2.75) is 46.0 Å². The van der Waals surface area contributed by atoms with Crippen LogP contribution in [-0.2, 0) is 18.3 Å². The van der Waals surface area contributed by atoms with E-state index in [1.54, 1.807) is 0 Å². The van der Waals surface area contributed by atoms with E-state index < -0.39 is 0 Å². The van der Waals surface area contributed by atoms with Gasteiger partial charge in [0.25, 0.3) is 0 Å². The summed E-state index contributed by atoms with van der Waals surface area (Å²) in [5.74, 6) is 0. The van der Waals surface area contributed by atoms with Gasteiger partial charge in [-0.3, -0.25) is 0 Å². The predicted octanol–water partition coefficient (Wildman–Crippen LogP) is 13.4. The van der Waals surface area contributed by atoms with E-state index in [2.05, 4.69) is 195 Å². The number of aromatic nitrogens is 4. The summed E-state index contributed by atoms with van der Waals surface area (Å²) >= 11 is 0. The van der Waals surface area contributed by atoms with E-state index in [0.29, 0.717) is 0 Å². The molecule has 4 aromatic heterocycles. The lowest BCUT2D eigenvalue weighted by molar-refractivity contribution is 0.658. The van der Waals surface area contributed by atoms with E-state index >= 15 is 0 Å². The van der Waals surface area contributed by atoms with Crippen molar-refractivity contribution < 1.29 is 0 Å². The molecule has 57 heavy (non-hydrogen) atoms. The Morgan fingerprint density at radius 2 is 0.825 bits per heavy atom. The minimum atomic E-state index is -0.211. The number of benzene rings is 6. The van der Waals surface area contributed by atoms with Gasteiger partial charge in [-0.2, -0.15) is 0 Å². The molecule has 1 aliphatic rings. The molecule has 0 unspecified atom stereocenters. The fourth-order valence-electron chi connectivity index (χ4n) is 9.34. The van der Waals surface area contributed by atoms with Gasteiger partial charge in [-0.1, -0.05) is 113 Å². The van der Waals surface area contributed by atoms with Crippen molar-refractivity contribution in [3.05, 3.63) is 180 Å². The van der Waals surface area contributed by atoms with E-state index in [-0.39, 0.29) is 5.41 Å². The Balaban J connectivity index is 1.02. The first kappa shape index (κ1) is 33.5. The molecule has 0 saturated carbocycles. The molecule has 0 atom stereocenters. The molecule has 6 aromatic carbocycles. The third-order valence-corrected chi connectivity index (χ3v) is 12.5. The number of aryl methyl sites for hydroxylation is 2. The van der Waals surface area contributed by atoms with Gasteiger partial charge in [0.05, 0.1) is 44.8 Å². The summed E-state index contributed by atoms with van der Waals surface area (Å²) in [6.07, 6.45) is 2.06. The van der Waals surface area contributed by atoms with Crippen LogP contribution in [0, 0.1) is 0 Å². The third-order valence-electron chi connectivity index (χ3n) is 12.5. The monoisotopic (exact) mass is 734 g/mol. The molecule has 1 aliphatic carbocycles. The Bertz CT molecular complexity index is 3000. The fourth-order valence-corrected chi connectivity index (χ4v) is 9.34. The topological polar surface area (TPSA) is 35.6 Å². The second-order valence-electron chi connectivity index (χ2n) is 16.0. The van der Waals surface area contributed by atoms with Crippen LogP contribution in [0.5, 0.6) is 0 Å². The Morgan fingerprint density at radius 1 is 0.421 bits per heavy atom. The molecule has 0 saturated heterocycles. The van der Waals surface area contributed by atoms with Crippen LogP contribution < -0.4 is 0 Å². The molecule has 4 heteroatoms. The van der Waals surface area contributed by atoms with Crippen molar-refractivity contribution in [1.82, 2.24) is 19.1 Å². The molecule has 0 fully saturated rings. The molecule has 0 bridgehead atoms. The number of pyridine rings is 2. The average Bonchev–Trinajstić information content (AvgIpc) is 3.85. The largest absolute Gasteiger partial charge is 0.309 e. The smallest absolute Gasteiger partial charge is 0.0937 e. The maximum Gasteiger partial charge on any atom is 0.0937 e. The van der Waals surface area contributed by atoms with Crippen LogP contribution in [0.1, 0.15) is 49.9 Å². The van der Waals surface area contributed by atoms with E-state index in [9.17, 15) is 0 Å².